The summed E-state index contributed by atoms with van der Waals surface area (Å²) in [5.41, 5.74) is 0.962. The molecule has 0 radical (unpaired) electrons. The maximum atomic E-state index is 12.8. The van der Waals surface area contributed by atoms with Crippen molar-refractivity contribution in [3.05, 3.63) is 30.1 Å². The van der Waals surface area contributed by atoms with Crippen molar-refractivity contribution in [3.63, 3.8) is 0 Å². The second-order valence-electron chi connectivity index (χ2n) is 6.15. The molecule has 0 saturated carbocycles. The average molecular weight is 275 g/mol. The van der Waals surface area contributed by atoms with Crippen LogP contribution in [0.1, 0.15) is 39.3 Å². The topological polar surface area (TPSA) is 45.2 Å². The second-order valence-corrected chi connectivity index (χ2v) is 6.15. The molecule has 1 saturated heterocycles. The maximum Gasteiger partial charge on any atom is 0.240 e. The molecule has 1 atom stereocenters. The van der Waals surface area contributed by atoms with Gasteiger partial charge in [-0.15, -0.1) is 0 Å². The molecule has 1 fully saturated rings. The highest BCUT2D eigenvalue weighted by atomic mass is 16.2. The summed E-state index contributed by atoms with van der Waals surface area (Å²) in [6.45, 7) is 8.61. The number of aromatic nitrogens is 1. The first-order valence-electron chi connectivity index (χ1n) is 7.46. The van der Waals surface area contributed by atoms with Crippen LogP contribution < -0.4 is 5.32 Å². The standard InChI is InChI=1S/C16H25N3O/c1-4-19(12-13-8-5-6-10-17-13)15(20)14-16(2,3)9-7-11-18-14/h5-6,8,10,14,18H,4,7,9,11-12H2,1-3H3. The minimum Gasteiger partial charge on any atom is -0.336 e. The molecule has 1 unspecified atom stereocenters. The van der Waals surface area contributed by atoms with Crippen molar-refractivity contribution in [2.75, 3.05) is 13.1 Å². The van der Waals surface area contributed by atoms with Gasteiger partial charge in [0.15, 0.2) is 0 Å². The van der Waals surface area contributed by atoms with E-state index in [0.29, 0.717) is 13.1 Å². The van der Waals surface area contributed by atoms with Crippen LogP contribution in [0.25, 0.3) is 0 Å². The zero-order valence-electron chi connectivity index (χ0n) is 12.7. The number of pyridine rings is 1. The summed E-state index contributed by atoms with van der Waals surface area (Å²) in [7, 11) is 0. The zero-order valence-corrected chi connectivity index (χ0v) is 12.7. The third kappa shape index (κ3) is 3.37. The number of nitrogens with zero attached hydrogens (tertiary/aromatic N) is 2. The van der Waals surface area contributed by atoms with E-state index in [9.17, 15) is 4.79 Å². The minimum atomic E-state index is -0.0834. The molecule has 1 aliphatic heterocycles. The van der Waals surface area contributed by atoms with Crippen molar-refractivity contribution in [3.8, 4) is 0 Å². The molecule has 0 bridgehead atoms. The predicted molar refractivity (Wildman–Crippen MR) is 80.1 cm³/mol. The smallest absolute Gasteiger partial charge is 0.240 e. The molecule has 1 aromatic heterocycles. The Kier molecular flexibility index (Phi) is 4.76. The van der Waals surface area contributed by atoms with Crippen molar-refractivity contribution < 1.29 is 4.79 Å². The van der Waals surface area contributed by atoms with Gasteiger partial charge < -0.3 is 10.2 Å². The van der Waals surface area contributed by atoms with E-state index in [1.54, 1.807) is 6.20 Å². The molecule has 110 valence electrons. The van der Waals surface area contributed by atoms with E-state index in [0.717, 1.165) is 25.1 Å². The molecule has 2 heterocycles. The first kappa shape index (κ1) is 15.0. The highest BCUT2D eigenvalue weighted by Gasteiger charge is 2.38. The van der Waals surface area contributed by atoms with E-state index < -0.39 is 0 Å². The zero-order chi connectivity index (χ0) is 14.6. The Labute approximate surface area is 121 Å². The lowest BCUT2D eigenvalue weighted by atomic mass is 9.77. The Hall–Kier alpha value is -1.42. The number of rotatable bonds is 4. The third-order valence-corrected chi connectivity index (χ3v) is 4.15. The molecule has 1 N–H and O–H groups in total. The molecule has 1 aromatic rings. The highest BCUT2D eigenvalue weighted by molar-refractivity contribution is 5.82. The number of likely N-dealkylation sites (N-methyl/N-ethyl adjacent to an activating group) is 1. The van der Waals surface area contributed by atoms with Crippen LogP contribution in [0.15, 0.2) is 24.4 Å². The van der Waals surface area contributed by atoms with Gasteiger partial charge in [0.05, 0.1) is 18.3 Å². The molecule has 2 rings (SSSR count). The van der Waals surface area contributed by atoms with Crippen LogP contribution in [0, 0.1) is 5.41 Å². The Balaban J connectivity index is 2.08. The van der Waals surface area contributed by atoms with Gasteiger partial charge in [-0.3, -0.25) is 9.78 Å². The van der Waals surface area contributed by atoms with E-state index in [-0.39, 0.29) is 17.4 Å². The summed E-state index contributed by atoms with van der Waals surface area (Å²) in [5, 5.41) is 3.40. The van der Waals surface area contributed by atoms with Gasteiger partial charge in [-0.05, 0) is 43.9 Å². The van der Waals surface area contributed by atoms with Crippen LogP contribution in [0.2, 0.25) is 0 Å². The van der Waals surface area contributed by atoms with Crippen LogP contribution in [0.4, 0.5) is 0 Å². The van der Waals surface area contributed by atoms with Crippen LogP contribution in [-0.2, 0) is 11.3 Å². The van der Waals surface area contributed by atoms with Crippen LogP contribution in [0.3, 0.4) is 0 Å². The second kappa shape index (κ2) is 6.35. The van der Waals surface area contributed by atoms with Gasteiger partial charge in [0.2, 0.25) is 5.91 Å². The van der Waals surface area contributed by atoms with Gasteiger partial charge in [-0.1, -0.05) is 19.9 Å². The average Bonchev–Trinajstić information content (AvgIpc) is 2.45. The molecule has 1 amide bonds. The fraction of sp³-hybridized carbons (Fsp3) is 0.625. The number of carbonyl (C=O) groups is 1. The van der Waals surface area contributed by atoms with Crippen molar-refractivity contribution in [1.29, 1.82) is 0 Å². The Morgan fingerprint density at radius 3 is 2.90 bits per heavy atom. The number of amides is 1. The van der Waals surface area contributed by atoms with Gasteiger partial charge in [0.25, 0.3) is 0 Å². The SMILES string of the molecule is CCN(Cc1ccccn1)C(=O)C1NCCCC1(C)C. The van der Waals surface area contributed by atoms with Crippen molar-refractivity contribution >= 4 is 5.91 Å². The Bertz CT molecular complexity index is 444. The fourth-order valence-electron chi connectivity index (χ4n) is 2.85. The van der Waals surface area contributed by atoms with Crippen molar-refractivity contribution in [2.45, 2.75) is 46.2 Å². The molecule has 4 heteroatoms. The lowest BCUT2D eigenvalue weighted by Crippen LogP contribution is -2.56. The number of carbonyl (C=O) groups excluding carboxylic acids is 1. The minimum absolute atomic E-state index is 0.0207. The summed E-state index contributed by atoms with van der Waals surface area (Å²) in [5.74, 6) is 0.197. The number of nitrogens with one attached hydrogen (secondary N) is 1. The summed E-state index contributed by atoms with van der Waals surface area (Å²) in [4.78, 5) is 19.0. The highest BCUT2D eigenvalue weighted by Crippen LogP contribution is 2.31. The van der Waals surface area contributed by atoms with Gasteiger partial charge in [-0.25, -0.2) is 0 Å². The number of hydrogen-bond donors (Lipinski definition) is 1. The molecule has 0 spiro atoms. The van der Waals surface area contributed by atoms with Crippen LogP contribution in [-0.4, -0.2) is 34.9 Å². The molecule has 0 aliphatic carbocycles. The largest absolute Gasteiger partial charge is 0.336 e. The van der Waals surface area contributed by atoms with Crippen LogP contribution >= 0.6 is 0 Å². The lowest BCUT2D eigenvalue weighted by Gasteiger charge is -2.40. The summed E-state index contributed by atoms with van der Waals surface area (Å²) < 4.78 is 0. The third-order valence-electron chi connectivity index (χ3n) is 4.15. The van der Waals surface area contributed by atoms with Gasteiger partial charge in [-0.2, -0.15) is 0 Å². The molecular formula is C16H25N3O. The molecule has 4 nitrogen and oxygen atoms in total. The predicted octanol–water partition coefficient (Wildman–Crippen LogP) is 2.21. The van der Waals surface area contributed by atoms with Gasteiger partial charge in [0.1, 0.15) is 0 Å². The summed E-state index contributed by atoms with van der Waals surface area (Å²) >= 11 is 0. The monoisotopic (exact) mass is 275 g/mol. The Morgan fingerprint density at radius 2 is 2.30 bits per heavy atom. The van der Waals surface area contributed by atoms with E-state index in [1.165, 1.54) is 0 Å². The van der Waals surface area contributed by atoms with E-state index in [2.05, 4.69) is 24.1 Å². The lowest BCUT2D eigenvalue weighted by molar-refractivity contribution is -0.137. The van der Waals surface area contributed by atoms with E-state index >= 15 is 0 Å². The molecular weight excluding hydrogens is 250 g/mol. The Morgan fingerprint density at radius 1 is 1.50 bits per heavy atom. The molecule has 20 heavy (non-hydrogen) atoms. The summed E-state index contributed by atoms with van der Waals surface area (Å²) in [6.07, 6.45) is 4.01. The van der Waals surface area contributed by atoms with E-state index in [1.807, 2.05) is 30.0 Å². The maximum absolute atomic E-state index is 12.8. The molecule has 0 aromatic carbocycles. The fourth-order valence-corrected chi connectivity index (χ4v) is 2.85. The van der Waals surface area contributed by atoms with Crippen molar-refractivity contribution in [1.82, 2.24) is 15.2 Å². The van der Waals surface area contributed by atoms with Gasteiger partial charge >= 0.3 is 0 Å². The number of hydrogen-bond acceptors (Lipinski definition) is 3. The van der Waals surface area contributed by atoms with Crippen LogP contribution in [0.5, 0.6) is 0 Å². The quantitative estimate of drug-likeness (QED) is 0.916. The van der Waals surface area contributed by atoms with Crippen molar-refractivity contribution in [2.24, 2.45) is 5.41 Å². The van der Waals surface area contributed by atoms with E-state index in [4.69, 9.17) is 0 Å². The normalized spacial score (nSPS) is 21.4. The van der Waals surface area contributed by atoms with Gasteiger partial charge in [0, 0.05) is 12.7 Å². The number of piperidine rings is 1. The molecule has 1 aliphatic rings. The summed E-state index contributed by atoms with van der Waals surface area (Å²) in [6, 6.07) is 5.74. The first-order valence-corrected chi connectivity index (χ1v) is 7.46. The first-order chi connectivity index (χ1) is 9.54.